The van der Waals surface area contributed by atoms with Crippen LogP contribution in [0.2, 0.25) is 0 Å². The maximum absolute atomic E-state index is 13.4. The van der Waals surface area contributed by atoms with Gasteiger partial charge in [-0.15, -0.1) is 5.10 Å². The molecule has 2 aromatic heterocycles. The number of aryl methyl sites for hydroxylation is 1. The molecular formula is C20H19FN6O. The maximum Gasteiger partial charge on any atom is 0.252 e. The fourth-order valence-electron chi connectivity index (χ4n) is 3.51. The predicted molar refractivity (Wildman–Crippen MR) is 101 cm³/mol. The molecule has 0 bridgehead atoms. The summed E-state index contributed by atoms with van der Waals surface area (Å²) in [7, 11) is 0. The van der Waals surface area contributed by atoms with Crippen LogP contribution in [-0.2, 0) is 11.3 Å². The lowest BCUT2D eigenvalue weighted by Crippen LogP contribution is -2.34. The Morgan fingerprint density at radius 3 is 3.04 bits per heavy atom. The van der Waals surface area contributed by atoms with E-state index < -0.39 is 0 Å². The van der Waals surface area contributed by atoms with Crippen LogP contribution in [-0.4, -0.2) is 43.6 Å². The average molecular weight is 378 g/mol. The van der Waals surface area contributed by atoms with Crippen molar-refractivity contribution in [1.29, 1.82) is 5.26 Å². The van der Waals surface area contributed by atoms with E-state index in [2.05, 4.69) is 21.1 Å². The number of nitrogens with one attached hydrogen (secondary N) is 1. The highest BCUT2D eigenvalue weighted by Gasteiger charge is 2.19. The lowest BCUT2D eigenvalue weighted by atomic mass is 9.98. The SMILES string of the molecule is N#Cc1ncn(CCCC(=O)N2CC=C(c3c[nH]c4cc(F)ccc34)CC2)n1. The van der Waals surface area contributed by atoms with E-state index in [4.69, 9.17) is 5.26 Å². The van der Waals surface area contributed by atoms with E-state index in [0.29, 0.717) is 32.5 Å². The molecule has 0 unspecified atom stereocenters. The van der Waals surface area contributed by atoms with E-state index in [0.717, 1.165) is 22.9 Å². The first-order valence-corrected chi connectivity index (χ1v) is 9.17. The van der Waals surface area contributed by atoms with Gasteiger partial charge in [-0.2, -0.15) is 5.26 Å². The third-order valence-corrected chi connectivity index (χ3v) is 4.97. The van der Waals surface area contributed by atoms with Gasteiger partial charge in [0.2, 0.25) is 5.91 Å². The standard InChI is InChI=1S/C20H19FN6O/c21-15-3-4-16-17(12-23-18(16)10-15)14-5-8-26(9-6-14)20(28)2-1-7-27-13-24-19(11-22)25-27/h3-5,10,12-13,23H,1-2,6-9H2. The minimum absolute atomic E-state index is 0.108. The van der Waals surface area contributed by atoms with Crippen LogP contribution in [0, 0.1) is 17.1 Å². The van der Waals surface area contributed by atoms with Crippen LogP contribution in [0.15, 0.2) is 36.8 Å². The average Bonchev–Trinajstić information content (AvgIpc) is 3.34. The summed E-state index contributed by atoms with van der Waals surface area (Å²) in [6.07, 6.45) is 7.33. The molecule has 1 N–H and O–H groups in total. The topological polar surface area (TPSA) is 90.6 Å². The molecule has 4 rings (SSSR count). The molecule has 7 nitrogen and oxygen atoms in total. The number of nitrogens with zero attached hydrogens (tertiary/aromatic N) is 5. The fourth-order valence-corrected chi connectivity index (χ4v) is 3.51. The van der Waals surface area contributed by atoms with Crippen molar-refractivity contribution in [3.8, 4) is 6.07 Å². The summed E-state index contributed by atoms with van der Waals surface area (Å²) < 4.78 is 14.9. The number of rotatable bonds is 5. The van der Waals surface area contributed by atoms with Crippen molar-refractivity contribution >= 4 is 22.4 Å². The Morgan fingerprint density at radius 1 is 1.39 bits per heavy atom. The Labute approximate surface area is 161 Å². The minimum Gasteiger partial charge on any atom is -0.360 e. The molecule has 8 heteroatoms. The van der Waals surface area contributed by atoms with Crippen LogP contribution in [0.4, 0.5) is 4.39 Å². The Kier molecular flexibility index (Phi) is 4.89. The van der Waals surface area contributed by atoms with Crippen LogP contribution in [0.3, 0.4) is 0 Å². The van der Waals surface area contributed by atoms with Gasteiger partial charge in [-0.05, 0) is 36.6 Å². The molecule has 0 atom stereocenters. The predicted octanol–water partition coefficient (Wildman–Crippen LogP) is 2.87. The first-order chi connectivity index (χ1) is 13.6. The number of amides is 1. The summed E-state index contributed by atoms with van der Waals surface area (Å²) in [6, 6.07) is 6.63. The van der Waals surface area contributed by atoms with Crippen molar-refractivity contribution in [2.24, 2.45) is 0 Å². The number of hydrogen-bond acceptors (Lipinski definition) is 4. The zero-order valence-electron chi connectivity index (χ0n) is 15.2. The maximum atomic E-state index is 13.4. The van der Waals surface area contributed by atoms with E-state index in [1.165, 1.54) is 24.0 Å². The largest absolute Gasteiger partial charge is 0.360 e. The van der Waals surface area contributed by atoms with Crippen LogP contribution in [0.5, 0.6) is 0 Å². The number of aromatic amines is 1. The zero-order chi connectivity index (χ0) is 19.5. The number of hydrogen-bond donors (Lipinski definition) is 1. The lowest BCUT2D eigenvalue weighted by molar-refractivity contribution is -0.130. The van der Waals surface area contributed by atoms with Gasteiger partial charge in [0.25, 0.3) is 5.82 Å². The Hall–Kier alpha value is -3.47. The van der Waals surface area contributed by atoms with E-state index in [9.17, 15) is 9.18 Å². The zero-order valence-corrected chi connectivity index (χ0v) is 15.2. The van der Waals surface area contributed by atoms with Crippen molar-refractivity contribution < 1.29 is 9.18 Å². The molecule has 1 aromatic carbocycles. The van der Waals surface area contributed by atoms with Crippen LogP contribution in [0.25, 0.3) is 16.5 Å². The third kappa shape index (κ3) is 3.64. The Morgan fingerprint density at radius 2 is 2.29 bits per heavy atom. The lowest BCUT2D eigenvalue weighted by Gasteiger charge is -2.26. The van der Waals surface area contributed by atoms with Gasteiger partial charge in [0.15, 0.2) is 0 Å². The highest BCUT2D eigenvalue weighted by Crippen LogP contribution is 2.29. The molecular weight excluding hydrogens is 359 g/mol. The molecule has 0 saturated heterocycles. The quantitative estimate of drug-likeness (QED) is 0.739. The van der Waals surface area contributed by atoms with Crippen molar-refractivity contribution in [2.45, 2.75) is 25.8 Å². The van der Waals surface area contributed by atoms with Crippen molar-refractivity contribution in [3.63, 3.8) is 0 Å². The number of H-pyrrole nitrogens is 1. The van der Waals surface area contributed by atoms with Gasteiger partial charge in [0.05, 0.1) is 0 Å². The molecule has 0 aliphatic carbocycles. The number of nitriles is 1. The van der Waals surface area contributed by atoms with Gasteiger partial charge in [-0.3, -0.25) is 9.48 Å². The molecule has 3 heterocycles. The number of carbonyl (C=O) groups is 1. The normalized spacial score (nSPS) is 14.1. The van der Waals surface area contributed by atoms with Gasteiger partial charge >= 0.3 is 0 Å². The highest BCUT2D eigenvalue weighted by atomic mass is 19.1. The summed E-state index contributed by atoms with van der Waals surface area (Å²) in [5.41, 5.74) is 3.03. The summed E-state index contributed by atoms with van der Waals surface area (Å²) in [6.45, 7) is 1.80. The summed E-state index contributed by atoms with van der Waals surface area (Å²) in [5.74, 6) is -0.0120. The van der Waals surface area contributed by atoms with Gasteiger partial charge in [0, 0.05) is 48.7 Å². The molecule has 3 aromatic rings. The molecule has 0 fully saturated rings. The van der Waals surface area contributed by atoms with Crippen LogP contribution >= 0.6 is 0 Å². The molecule has 0 spiro atoms. The number of fused-ring (bicyclic) bond motifs is 1. The molecule has 1 aliphatic heterocycles. The number of aromatic nitrogens is 4. The Bertz CT molecular complexity index is 1090. The molecule has 28 heavy (non-hydrogen) atoms. The molecule has 142 valence electrons. The first kappa shape index (κ1) is 17.9. The van der Waals surface area contributed by atoms with Gasteiger partial charge in [-0.25, -0.2) is 9.37 Å². The molecule has 1 aliphatic rings. The fraction of sp³-hybridized carbons (Fsp3) is 0.300. The van der Waals surface area contributed by atoms with Crippen molar-refractivity contribution in [3.05, 3.63) is 54.0 Å². The van der Waals surface area contributed by atoms with Crippen molar-refractivity contribution in [1.82, 2.24) is 24.6 Å². The monoisotopic (exact) mass is 378 g/mol. The van der Waals surface area contributed by atoms with E-state index in [-0.39, 0.29) is 17.5 Å². The molecule has 0 saturated carbocycles. The molecule has 0 radical (unpaired) electrons. The summed E-state index contributed by atoms with van der Waals surface area (Å²) >= 11 is 0. The van der Waals surface area contributed by atoms with E-state index in [1.807, 2.05) is 17.2 Å². The smallest absolute Gasteiger partial charge is 0.252 e. The highest BCUT2D eigenvalue weighted by molar-refractivity contribution is 5.93. The van der Waals surface area contributed by atoms with Crippen molar-refractivity contribution in [2.75, 3.05) is 13.1 Å². The van der Waals surface area contributed by atoms with Gasteiger partial charge < -0.3 is 9.88 Å². The van der Waals surface area contributed by atoms with E-state index in [1.54, 1.807) is 10.7 Å². The third-order valence-electron chi connectivity index (χ3n) is 4.97. The molecule has 1 amide bonds. The van der Waals surface area contributed by atoms with Gasteiger partial charge in [-0.1, -0.05) is 6.08 Å². The second-order valence-corrected chi connectivity index (χ2v) is 6.76. The minimum atomic E-state index is -0.259. The summed E-state index contributed by atoms with van der Waals surface area (Å²) in [4.78, 5) is 21.3. The Balaban J connectivity index is 1.34. The van der Waals surface area contributed by atoms with Gasteiger partial charge in [0.1, 0.15) is 18.2 Å². The summed E-state index contributed by atoms with van der Waals surface area (Å²) in [5, 5.41) is 13.7. The van der Waals surface area contributed by atoms with Crippen LogP contribution < -0.4 is 0 Å². The first-order valence-electron chi connectivity index (χ1n) is 9.17. The van der Waals surface area contributed by atoms with Crippen LogP contribution in [0.1, 0.15) is 30.7 Å². The number of halogens is 1. The number of carbonyl (C=O) groups excluding carboxylic acids is 1. The van der Waals surface area contributed by atoms with E-state index >= 15 is 0 Å². The second-order valence-electron chi connectivity index (χ2n) is 6.76. The second kappa shape index (κ2) is 7.64. The number of benzene rings is 1.